The SMILES string of the molecule is O=C(Nc1ccc(Cl)c(C(F)(F)F)c1)c1cccnc1SCC(F)(F)F. The first-order chi connectivity index (χ1) is 12.0. The van der Waals surface area contributed by atoms with Gasteiger partial charge >= 0.3 is 12.4 Å². The summed E-state index contributed by atoms with van der Waals surface area (Å²) in [6.07, 6.45) is -7.98. The van der Waals surface area contributed by atoms with Crippen molar-refractivity contribution in [3.63, 3.8) is 0 Å². The average Bonchev–Trinajstić information content (AvgIpc) is 2.53. The minimum Gasteiger partial charge on any atom is -0.322 e. The molecule has 0 aliphatic carbocycles. The number of rotatable bonds is 4. The molecule has 2 aromatic rings. The quantitative estimate of drug-likeness (QED) is 0.518. The first-order valence-electron chi connectivity index (χ1n) is 6.80. The number of carbonyl (C=O) groups is 1. The summed E-state index contributed by atoms with van der Waals surface area (Å²) in [4.78, 5) is 16.0. The Hall–Kier alpha value is -1.94. The van der Waals surface area contributed by atoms with Crippen molar-refractivity contribution >= 4 is 35.0 Å². The molecule has 11 heteroatoms. The fraction of sp³-hybridized carbons (Fsp3) is 0.200. The van der Waals surface area contributed by atoms with Crippen molar-refractivity contribution in [2.45, 2.75) is 17.4 Å². The molecular weight excluding hydrogens is 406 g/mol. The second-order valence-electron chi connectivity index (χ2n) is 4.91. The van der Waals surface area contributed by atoms with Gasteiger partial charge in [0.2, 0.25) is 0 Å². The second kappa shape index (κ2) is 7.75. The molecule has 2 rings (SSSR count). The van der Waals surface area contributed by atoms with Gasteiger partial charge in [-0.15, -0.1) is 0 Å². The number of aromatic nitrogens is 1. The Balaban J connectivity index is 2.23. The Morgan fingerprint density at radius 1 is 1.15 bits per heavy atom. The Morgan fingerprint density at radius 2 is 1.85 bits per heavy atom. The Kier molecular flexibility index (Phi) is 6.07. The van der Waals surface area contributed by atoms with Gasteiger partial charge in [-0.1, -0.05) is 23.4 Å². The number of halogens is 7. The molecule has 0 radical (unpaired) electrons. The van der Waals surface area contributed by atoms with Crippen LogP contribution in [0.1, 0.15) is 15.9 Å². The van der Waals surface area contributed by atoms with Crippen molar-refractivity contribution in [2.24, 2.45) is 0 Å². The summed E-state index contributed by atoms with van der Waals surface area (Å²) in [5.74, 6) is -2.15. The molecule has 1 aromatic carbocycles. The fourth-order valence-corrected chi connectivity index (χ4v) is 2.82. The predicted molar refractivity (Wildman–Crippen MR) is 85.4 cm³/mol. The third kappa shape index (κ3) is 5.53. The number of amides is 1. The summed E-state index contributed by atoms with van der Waals surface area (Å²) >= 11 is 5.80. The summed E-state index contributed by atoms with van der Waals surface area (Å²) in [5.41, 5.74) is -1.54. The number of hydrogen-bond acceptors (Lipinski definition) is 3. The Labute approximate surface area is 152 Å². The lowest BCUT2D eigenvalue weighted by Crippen LogP contribution is -2.16. The van der Waals surface area contributed by atoms with Crippen LogP contribution < -0.4 is 5.32 Å². The van der Waals surface area contributed by atoms with Gasteiger partial charge in [-0.05, 0) is 30.3 Å². The van der Waals surface area contributed by atoms with Gasteiger partial charge in [0.1, 0.15) is 5.03 Å². The van der Waals surface area contributed by atoms with Crippen molar-refractivity contribution in [1.82, 2.24) is 4.98 Å². The highest BCUT2D eigenvalue weighted by Crippen LogP contribution is 2.36. The van der Waals surface area contributed by atoms with Crippen LogP contribution in [-0.2, 0) is 6.18 Å². The van der Waals surface area contributed by atoms with E-state index in [-0.39, 0.29) is 16.3 Å². The highest BCUT2D eigenvalue weighted by atomic mass is 35.5. The molecular formula is C15H9ClF6N2OS. The smallest absolute Gasteiger partial charge is 0.322 e. The summed E-state index contributed by atoms with van der Waals surface area (Å²) in [7, 11) is 0. The standard InChI is InChI=1S/C15H9ClF6N2OS/c16-11-4-3-8(6-10(11)15(20,21)22)24-12(25)9-2-1-5-23-13(9)26-7-14(17,18)19/h1-6H,7H2,(H,24,25). The maximum atomic E-state index is 12.8. The molecule has 0 bridgehead atoms. The van der Waals surface area contributed by atoms with Gasteiger partial charge in [-0.2, -0.15) is 26.3 Å². The predicted octanol–water partition coefficient (Wildman–Crippen LogP) is 5.66. The van der Waals surface area contributed by atoms with E-state index in [9.17, 15) is 31.1 Å². The molecule has 26 heavy (non-hydrogen) atoms. The van der Waals surface area contributed by atoms with E-state index in [1.807, 2.05) is 0 Å². The lowest BCUT2D eigenvalue weighted by molar-refractivity contribution is -0.137. The number of pyridine rings is 1. The fourth-order valence-electron chi connectivity index (χ4n) is 1.85. The van der Waals surface area contributed by atoms with Crippen LogP contribution in [0.25, 0.3) is 0 Å². The third-order valence-electron chi connectivity index (χ3n) is 2.92. The molecule has 0 unspecified atom stereocenters. The molecule has 1 amide bonds. The molecule has 0 saturated carbocycles. The van der Waals surface area contributed by atoms with Gasteiger partial charge in [0.25, 0.3) is 5.91 Å². The number of alkyl halides is 6. The summed E-state index contributed by atoms with van der Waals surface area (Å²) in [6.45, 7) is 0. The zero-order chi connectivity index (χ0) is 19.5. The van der Waals surface area contributed by atoms with Gasteiger partial charge < -0.3 is 5.32 Å². The highest BCUT2D eigenvalue weighted by molar-refractivity contribution is 7.99. The maximum Gasteiger partial charge on any atom is 0.417 e. The van der Waals surface area contributed by atoms with Crippen molar-refractivity contribution < 1.29 is 31.1 Å². The largest absolute Gasteiger partial charge is 0.417 e. The Bertz CT molecular complexity index is 809. The molecule has 0 spiro atoms. The van der Waals surface area contributed by atoms with Crippen LogP contribution in [0.5, 0.6) is 0 Å². The summed E-state index contributed by atoms with van der Waals surface area (Å²) in [5, 5.41) is 1.47. The summed E-state index contributed by atoms with van der Waals surface area (Å²) < 4.78 is 75.6. The Morgan fingerprint density at radius 3 is 2.46 bits per heavy atom. The zero-order valence-corrected chi connectivity index (χ0v) is 14.2. The summed E-state index contributed by atoms with van der Waals surface area (Å²) in [6, 6.07) is 5.30. The lowest BCUT2D eigenvalue weighted by Gasteiger charge is -2.13. The maximum absolute atomic E-state index is 12.8. The van der Waals surface area contributed by atoms with E-state index in [4.69, 9.17) is 11.6 Å². The molecule has 0 saturated heterocycles. The monoisotopic (exact) mass is 414 g/mol. The molecule has 0 atom stereocenters. The first kappa shape index (κ1) is 20.4. The van der Waals surface area contributed by atoms with E-state index >= 15 is 0 Å². The van der Waals surface area contributed by atoms with Crippen LogP contribution >= 0.6 is 23.4 Å². The number of carbonyl (C=O) groups excluding carboxylic acids is 1. The number of nitrogens with zero attached hydrogens (tertiary/aromatic N) is 1. The molecule has 1 heterocycles. The van der Waals surface area contributed by atoms with Gasteiger partial charge in [-0.3, -0.25) is 4.79 Å². The molecule has 1 aromatic heterocycles. The topological polar surface area (TPSA) is 42.0 Å². The van der Waals surface area contributed by atoms with Gasteiger partial charge in [0.15, 0.2) is 0 Å². The molecule has 3 nitrogen and oxygen atoms in total. The second-order valence-corrected chi connectivity index (χ2v) is 6.28. The van der Waals surface area contributed by atoms with E-state index in [0.29, 0.717) is 17.8 Å². The van der Waals surface area contributed by atoms with Crippen LogP contribution in [0.3, 0.4) is 0 Å². The van der Waals surface area contributed by atoms with Gasteiger partial charge in [0.05, 0.1) is 21.9 Å². The van der Waals surface area contributed by atoms with Crippen LogP contribution in [0, 0.1) is 0 Å². The van der Waals surface area contributed by atoms with Crippen LogP contribution in [-0.4, -0.2) is 22.8 Å². The number of benzene rings is 1. The van der Waals surface area contributed by atoms with Gasteiger partial charge in [-0.25, -0.2) is 4.98 Å². The van der Waals surface area contributed by atoms with Crippen molar-refractivity contribution in [1.29, 1.82) is 0 Å². The van der Waals surface area contributed by atoms with Crippen molar-refractivity contribution in [3.8, 4) is 0 Å². The van der Waals surface area contributed by atoms with Crippen LogP contribution in [0.2, 0.25) is 5.02 Å². The van der Waals surface area contributed by atoms with E-state index in [2.05, 4.69) is 10.3 Å². The van der Waals surface area contributed by atoms with E-state index < -0.39 is 34.6 Å². The first-order valence-corrected chi connectivity index (χ1v) is 8.16. The molecule has 0 aliphatic rings. The van der Waals surface area contributed by atoms with E-state index in [1.165, 1.54) is 18.3 Å². The zero-order valence-electron chi connectivity index (χ0n) is 12.6. The molecule has 140 valence electrons. The number of nitrogens with one attached hydrogen (secondary N) is 1. The number of hydrogen-bond donors (Lipinski definition) is 1. The van der Waals surface area contributed by atoms with Crippen LogP contribution in [0.15, 0.2) is 41.6 Å². The van der Waals surface area contributed by atoms with Crippen molar-refractivity contribution in [2.75, 3.05) is 11.1 Å². The minimum atomic E-state index is -4.72. The van der Waals surface area contributed by atoms with Gasteiger partial charge in [0, 0.05) is 11.9 Å². The highest BCUT2D eigenvalue weighted by Gasteiger charge is 2.33. The van der Waals surface area contributed by atoms with E-state index in [0.717, 1.165) is 12.1 Å². The molecule has 0 fully saturated rings. The lowest BCUT2D eigenvalue weighted by atomic mass is 10.2. The number of anilines is 1. The van der Waals surface area contributed by atoms with E-state index in [1.54, 1.807) is 0 Å². The number of thioether (sulfide) groups is 1. The average molecular weight is 415 g/mol. The minimum absolute atomic E-state index is 0.188. The third-order valence-corrected chi connectivity index (χ3v) is 4.32. The van der Waals surface area contributed by atoms with Crippen molar-refractivity contribution in [3.05, 3.63) is 52.7 Å². The van der Waals surface area contributed by atoms with Crippen LogP contribution in [0.4, 0.5) is 32.0 Å². The molecule has 1 N–H and O–H groups in total. The molecule has 0 aliphatic heterocycles. The normalized spacial score (nSPS) is 12.1.